The second-order valence-corrected chi connectivity index (χ2v) is 15.8. The molecule has 0 aliphatic carbocycles. The van der Waals surface area contributed by atoms with Gasteiger partial charge in [-0.2, -0.15) is 4.98 Å². The Morgan fingerprint density at radius 1 is 0.911 bits per heavy atom. The van der Waals surface area contributed by atoms with Crippen molar-refractivity contribution in [2.24, 2.45) is 0 Å². The van der Waals surface area contributed by atoms with Crippen molar-refractivity contribution in [3.05, 3.63) is 29.3 Å². The summed E-state index contributed by atoms with van der Waals surface area (Å²) < 4.78 is 79.0. The fraction of sp³-hybridized carbons (Fsp3) is 0.500. The fourth-order valence-electron chi connectivity index (χ4n) is 5.26. The molecule has 242 valence electrons. The van der Waals surface area contributed by atoms with Crippen molar-refractivity contribution >= 4 is 72.2 Å². The topological polar surface area (TPSA) is 269 Å². The van der Waals surface area contributed by atoms with Crippen LogP contribution >= 0.6 is 38.1 Å². The second kappa shape index (κ2) is 11.2. The molecule has 3 fully saturated rings. The molecule has 0 aromatic carbocycles. The van der Waals surface area contributed by atoms with Crippen molar-refractivity contribution in [1.29, 1.82) is 0 Å². The maximum Gasteiger partial charge on any atom is 0.386 e. The van der Waals surface area contributed by atoms with Crippen LogP contribution in [-0.4, -0.2) is 94.0 Å². The van der Waals surface area contributed by atoms with Gasteiger partial charge in [0.15, 0.2) is 41.3 Å². The van der Waals surface area contributed by atoms with Crippen molar-refractivity contribution < 1.29 is 46.2 Å². The molecular weight excluding hydrogens is 685 g/mol. The molecule has 6 N–H and O–H groups in total. The Morgan fingerprint density at radius 2 is 1.53 bits per heavy atom. The maximum atomic E-state index is 16.0. The smallest absolute Gasteiger partial charge is 0.386 e. The number of thiol groups is 2. The maximum absolute atomic E-state index is 16.0. The van der Waals surface area contributed by atoms with Gasteiger partial charge in [-0.05, 0) is 0 Å². The van der Waals surface area contributed by atoms with Gasteiger partial charge < -0.3 is 26.0 Å². The van der Waals surface area contributed by atoms with E-state index in [1.54, 1.807) is 0 Å². The average Bonchev–Trinajstić information content (AvgIpc) is 3.72. The van der Waals surface area contributed by atoms with E-state index in [0.29, 0.717) is 0 Å². The number of nitrogens with zero attached hydrogens (tertiary/aromatic N) is 7. The lowest BCUT2D eigenvalue weighted by atomic mass is 10.1. The molecule has 7 rings (SSSR count). The van der Waals surface area contributed by atoms with Crippen LogP contribution in [0.2, 0.25) is 0 Å². The Bertz CT molecular complexity index is 1950. The van der Waals surface area contributed by atoms with Crippen LogP contribution in [0.5, 0.6) is 0 Å². The normalized spacial score (nSPS) is 37.7. The minimum absolute atomic E-state index is 0.0443. The van der Waals surface area contributed by atoms with Gasteiger partial charge in [0.05, 0.1) is 25.9 Å². The zero-order valence-corrected chi connectivity index (χ0v) is 25.9. The molecular formula is C20H23FN10O10P2S2. The number of nitrogen functional groups attached to an aromatic ring is 2. The molecule has 4 aromatic rings. The van der Waals surface area contributed by atoms with Gasteiger partial charge >= 0.3 is 13.6 Å². The van der Waals surface area contributed by atoms with Crippen molar-refractivity contribution in [2.45, 2.75) is 49.1 Å². The average molecular weight is 709 g/mol. The first kappa shape index (κ1) is 30.9. The number of aliphatic hydroxyl groups excluding tert-OH is 1. The van der Waals surface area contributed by atoms with Gasteiger partial charge in [0.2, 0.25) is 5.95 Å². The Morgan fingerprint density at radius 3 is 2.27 bits per heavy atom. The number of nitrogens with two attached hydrogens (primary N) is 2. The zero-order valence-electron chi connectivity index (χ0n) is 22.3. The van der Waals surface area contributed by atoms with E-state index in [4.69, 9.17) is 39.0 Å². The third kappa shape index (κ3) is 5.54. The van der Waals surface area contributed by atoms with E-state index in [-0.39, 0.29) is 34.1 Å². The predicted octanol–water partition coefficient (Wildman–Crippen LogP) is 0.511. The zero-order chi connectivity index (χ0) is 31.8. The summed E-state index contributed by atoms with van der Waals surface area (Å²) >= 11 is 8.03. The van der Waals surface area contributed by atoms with E-state index in [0.717, 1.165) is 6.33 Å². The Hall–Kier alpha value is -2.69. The number of halogens is 1. The summed E-state index contributed by atoms with van der Waals surface area (Å²) in [5.41, 5.74) is 11.0. The van der Waals surface area contributed by atoms with Crippen LogP contribution in [0.25, 0.3) is 22.3 Å². The standard InChI is InChI=1S/C20H23FN10O10P2S2/c21-8-12-7(39-18(8)30-4-26-9-14(22)24-3-25-15(9)30)2-37-43(35,45)41-13-11(32)6(1-36-42(34,44)40-12)38-19(13)31-5-27-10-16(31)28-20(23)29-17(10)33/h3-8,11-13,18-19,32H,1-2H2,(H,34,44)(H,35,45)(H2,22,24,25)(H3,23,28,29,33)/t6?,7-,8-,11-,12-,13-,18-,19-,42-,43-/m1/s1. The monoisotopic (exact) mass is 708 g/mol. The molecule has 10 atom stereocenters. The molecule has 0 radical (unpaired) electrons. The molecule has 0 spiro atoms. The fourth-order valence-corrected chi connectivity index (χ4v) is 8.20. The summed E-state index contributed by atoms with van der Waals surface area (Å²) in [6, 6.07) is 0. The molecule has 45 heavy (non-hydrogen) atoms. The highest BCUT2D eigenvalue weighted by atomic mass is 32.7. The van der Waals surface area contributed by atoms with Crippen molar-refractivity contribution in [3.8, 4) is 0 Å². The van der Waals surface area contributed by atoms with Gasteiger partial charge in [-0.25, -0.2) is 33.5 Å². The minimum atomic E-state index is -4.42. The van der Waals surface area contributed by atoms with Crippen LogP contribution in [0.4, 0.5) is 16.2 Å². The van der Waals surface area contributed by atoms with Crippen LogP contribution in [0.3, 0.4) is 0 Å². The number of aromatic amines is 1. The lowest BCUT2D eigenvalue weighted by Gasteiger charge is -2.26. The summed E-state index contributed by atoms with van der Waals surface area (Å²) in [5, 5.41) is 11.1. The van der Waals surface area contributed by atoms with Crippen LogP contribution in [0.15, 0.2) is 23.8 Å². The quantitative estimate of drug-likeness (QED) is 0.122. The van der Waals surface area contributed by atoms with Crippen molar-refractivity contribution in [3.63, 3.8) is 0 Å². The number of ether oxygens (including phenoxy) is 2. The first-order valence-corrected chi connectivity index (χ1v) is 18.3. The van der Waals surface area contributed by atoms with Crippen LogP contribution in [0, 0.1) is 0 Å². The number of hydrogen-bond donors (Lipinski definition) is 6. The van der Waals surface area contributed by atoms with Gasteiger partial charge in [0.1, 0.15) is 42.4 Å². The van der Waals surface area contributed by atoms with E-state index in [1.165, 1.54) is 21.8 Å². The Kier molecular flexibility index (Phi) is 7.72. The molecule has 3 saturated heterocycles. The largest absolute Gasteiger partial charge is 0.387 e. The molecule has 3 aliphatic rings. The van der Waals surface area contributed by atoms with E-state index >= 15 is 4.39 Å². The number of H-pyrrole nitrogens is 1. The SMILES string of the molecule is Nc1nc2c(ncn2[C@@H]2OC3CO[P@@](=O)(S)O[C@H]4[C@@H](F)[C@H](n5cnc6c(N)ncnc65)O[C@@H]4CO[P@@](=O)(S)O[C@@H]2[C@@H]3O)c(=O)[nH]1. The number of aromatic nitrogens is 8. The molecule has 0 saturated carbocycles. The summed E-state index contributed by atoms with van der Waals surface area (Å²) in [5.74, 6) is -0.193. The Labute approximate surface area is 260 Å². The number of anilines is 2. The molecule has 25 heteroatoms. The third-order valence-corrected chi connectivity index (χ3v) is 10.5. The molecule has 7 heterocycles. The van der Waals surface area contributed by atoms with Gasteiger partial charge in [-0.15, -0.1) is 0 Å². The van der Waals surface area contributed by atoms with E-state index in [2.05, 4.69) is 54.4 Å². The summed E-state index contributed by atoms with van der Waals surface area (Å²) in [6.07, 6.45) is -8.75. The number of fused-ring (bicyclic) bond motifs is 5. The Balaban J connectivity index is 1.21. The summed E-state index contributed by atoms with van der Waals surface area (Å²) in [7, 11) is 0. The summed E-state index contributed by atoms with van der Waals surface area (Å²) in [4.78, 5) is 34.7. The van der Waals surface area contributed by atoms with Gasteiger partial charge in [-0.1, -0.05) is 24.5 Å². The second-order valence-electron chi connectivity index (χ2n) is 10.1. The predicted molar refractivity (Wildman–Crippen MR) is 156 cm³/mol. The number of nitrogens with one attached hydrogen (secondary N) is 1. The van der Waals surface area contributed by atoms with E-state index < -0.39 is 81.5 Å². The highest BCUT2D eigenvalue weighted by molar-refractivity contribution is 8.44. The number of hydrogen-bond acceptors (Lipinski definition) is 17. The van der Waals surface area contributed by atoms with Crippen LogP contribution in [0.1, 0.15) is 12.5 Å². The van der Waals surface area contributed by atoms with Crippen LogP contribution < -0.4 is 17.0 Å². The van der Waals surface area contributed by atoms with Crippen molar-refractivity contribution in [2.75, 3.05) is 24.7 Å². The number of imidazole rings is 2. The number of alkyl halides is 1. The van der Waals surface area contributed by atoms with Gasteiger partial charge in [0, 0.05) is 0 Å². The molecule has 20 nitrogen and oxygen atoms in total. The van der Waals surface area contributed by atoms with Gasteiger partial charge in [0.25, 0.3) is 5.56 Å². The third-order valence-electron chi connectivity index (χ3n) is 7.28. The lowest BCUT2D eigenvalue weighted by molar-refractivity contribution is -0.0568. The van der Waals surface area contributed by atoms with Crippen molar-refractivity contribution in [1.82, 2.24) is 39.0 Å². The molecule has 2 bridgehead atoms. The molecule has 4 aromatic heterocycles. The van der Waals surface area contributed by atoms with Crippen LogP contribution in [-0.2, 0) is 36.7 Å². The van der Waals surface area contributed by atoms with E-state index in [9.17, 15) is 19.0 Å². The van der Waals surface area contributed by atoms with E-state index in [1.807, 2.05) is 0 Å². The first-order chi connectivity index (χ1) is 21.3. The molecule has 3 aliphatic heterocycles. The number of aliphatic hydroxyl groups is 1. The highest BCUT2D eigenvalue weighted by Crippen LogP contribution is 2.60. The molecule has 0 amide bonds. The number of rotatable bonds is 2. The summed E-state index contributed by atoms with van der Waals surface area (Å²) in [6.45, 7) is -10.1. The van der Waals surface area contributed by atoms with Gasteiger partial charge in [-0.3, -0.25) is 37.0 Å². The highest BCUT2D eigenvalue weighted by Gasteiger charge is 2.54. The molecule has 1 unspecified atom stereocenters. The first-order valence-electron chi connectivity index (χ1n) is 12.9. The lowest BCUT2D eigenvalue weighted by Crippen LogP contribution is -2.35. The minimum Gasteiger partial charge on any atom is -0.387 e.